The Balaban J connectivity index is 2.46. The second-order valence-corrected chi connectivity index (χ2v) is 6.07. The molecule has 0 aromatic heterocycles. The fourth-order valence-electron chi connectivity index (χ4n) is 2.76. The molecule has 1 heterocycles. The van der Waals surface area contributed by atoms with Crippen LogP contribution in [0.25, 0.3) is 0 Å². The van der Waals surface area contributed by atoms with E-state index in [9.17, 15) is 4.79 Å². The lowest BCUT2D eigenvalue weighted by molar-refractivity contribution is -0.120. The van der Waals surface area contributed by atoms with Crippen LogP contribution in [-0.2, 0) is 4.79 Å². The summed E-state index contributed by atoms with van der Waals surface area (Å²) in [6, 6.07) is 0.610. The number of carbonyl (C=O) groups excluding carboxylic acids is 1. The number of likely N-dealkylation sites (N-methyl/N-ethyl adjacent to an activating group) is 1. The first-order valence-corrected chi connectivity index (χ1v) is 7.38. The largest absolute Gasteiger partial charge is 0.368 e. The van der Waals surface area contributed by atoms with Crippen molar-refractivity contribution in [2.24, 2.45) is 5.73 Å². The van der Waals surface area contributed by atoms with Gasteiger partial charge in [0.2, 0.25) is 5.91 Å². The van der Waals surface area contributed by atoms with E-state index >= 15 is 0 Å². The van der Waals surface area contributed by atoms with E-state index in [4.69, 9.17) is 5.73 Å². The molecule has 2 atom stereocenters. The summed E-state index contributed by atoms with van der Waals surface area (Å²) in [6.07, 6.45) is 1.99. The van der Waals surface area contributed by atoms with Crippen LogP contribution in [0.4, 0.5) is 0 Å². The van der Waals surface area contributed by atoms with Gasteiger partial charge in [-0.1, -0.05) is 13.8 Å². The lowest BCUT2D eigenvalue weighted by Gasteiger charge is -2.29. The minimum absolute atomic E-state index is 0.215. The highest BCUT2D eigenvalue weighted by molar-refractivity contribution is 5.79. The summed E-state index contributed by atoms with van der Waals surface area (Å²) in [5, 5.41) is 3.25. The maximum Gasteiger partial charge on any atom is 0.234 e. The Labute approximate surface area is 117 Å². The molecule has 5 heteroatoms. The molecule has 0 radical (unpaired) electrons. The van der Waals surface area contributed by atoms with E-state index in [1.807, 2.05) is 13.8 Å². The molecule has 1 aliphatic rings. The monoisotopic (exact) mass is 270 g/mol. The third kappa shape index (κ3) is 5.89. The Kier molecular flexibility index (Phi) is 6.75. The van der Waals surface area contributed by atoms with E-state index in [1.54, 1.807) is 0 Å². The minimum atomic E-state index is -0.242. The number of amides is 1. The topological polar surface area (TPSA) is 61.6 Å². The van der Waals surface area contributed by atoms with Gasteiger partial charge in [-0.3, -0.25) is 9.69 Å². The van der Waals surface area contributed by atoms with Crippen molar-refractivity contribution in [1.82, 2.24) is 15.1 Å². The molecule has 0 bridgehead atoms. The van der Waals surface area contributed by atoms with Crippen LogP contribution in [0.3, 0.4) is 0 Å². The third-order valence-electron chi connectivity index (χ3n) is 3.77. The SMILES string of the molecule is CC(C)NC(CCN1CCCN(C)CC1C)C(N)=O. The van der Waals surface area contributed by atoms with Gasteiger partial charge in [-0.05, 0) is 39.9 Å². The highest BCUT2D eigenvalue weighted by Crippen LogP contribution is 2.10. The summed E-state index contributed by atoms with van der Waals surface area (Å²) in [4.78, 5) is 16.3. The fourth-order valence-corrected chi connectivity index (χ4v) is 2.76. The third-order valence-corrected chi connectivity index (χ3v) is 3.77. The number of nitrogens with zero attached hydrogens (tertiary/aromatic N) is 2. The summed E-state index contributed by atoms with van der Waals surface area (Å²) >= 11 is 0. The first kappa shape index (κ1) is 16.4. The second-order valence-electron chi connectivity index (χ2n) is 6.07. The van der Waals surface area contributed by atoms with Gasteiger partial charge < -0.3 is 16.0 Å². The number of nitrogens with one attached hydrogen (secondary N) is 1. The van der Waals surface area contributed by atoms with Gasteiger partial charge in [0.1, 0.15) is 0 Å². The summed E-state index contributed by atoms with van der Waals surface area (Å²) in [5.74, 6) is -0.242. The molecule has 1 saturated heterocycles. The molecule has 112 valence electrons. The van der Waals surface area contributed by atoms with Gasteiger partial charge in [0.15, 0.2) is 0 Å². The van der Waals surface area contributed by atoms with E-state index in [2.05, 4.69) is 29.1 Å². The molecule has 3 N–H and O–H groups in total. The zero-order chi connectivity index (χ0) is 14.4. The molecular formula is C14H30N4O. The Morgan fingerprint density at radius 2 is 2.11 bits per heavy atom. The van der Waals surface area contributed by atoms with Crippen LogP contribution < -0.4 is 11.1 Å². The predicted octanol–water partition coefficient (Wildman–Crippen LogP) is 0.254. The average molecular weight is 270 g/mol. The summed E-state index contributed by atoms with van der Waals surface area (Å²) in [7, 11) is 2.17. The maximum absolute atomic E-state index is 11.4. The lowest BCUT2D eigenvalue weighted by Crippen LogP contribution is -2.47. The van der Waals surface area contributed by atoms with Gasteiger partial charge in [-0.15, -0.1) is 0 Å². The normalized spacial score (nSPS) is 24.4. The molecule has 19 heavy (non-hydrogen) atoms. The van der Waals surface area contributed by atoms with Crippen molar-refractivity contribution in [3.63, 3.8) is 0 Å². The van der Waals surface area contributed by atoms with Gasteiger partial charge in [-0.2, -0.15) is 0 Å². The molecular weight excluding hydrogens is 240 g/mol. The number of hydrogen-bond acceptors (Lipinski definition) is 4. The van der Waals surface area contributed by atoms with Crippen molar-refractivity contribution in [2.45, 2.75) is 51.7 Å². The van der Waals surface area contributed by atoms with Gasteiger partial charge >= 0.3 is 0 Å². The van der Waals surface area contributed by atoms with Crippen molar-refractivity contribution in [3.05, 3.63) is 0 Å². The molecule has 0 aromatic rings. The van der Waals surface area contributed by atoms with E-state index < -0.39 is 0 Å². The first-order chi connectivity index (χ1) is 8.90. The molecule has 1 fully saturated rings. The van der Waals surface area contributed by atoms with Crippen molar-refractivity contribution in [3.8, 4) is 0 Å². The van der Waals surface area contributed by atoms with Gasteiger partial charge in [0, 0.05) is 25.2 Å². The summed E-state index contributed by atoms with van der Waals surface area (Å²) in [6.45, 7) is 10.6. The Bertz CT molecular complexity index is 283. The molecule has 1 aliphatic heterocycles. The van der Waals surface area contributed by atoms with Crippen molar-refractivity contribution >= 4 is 5.91 Å². The smallest absolute Gasteiger partial charge is 0.234 e. The van der Waals surface area contributed by atoms with E-state index in [1.165, 1.54) is 6.42 Å². The van der Waals surface area contributed by atoms with Crippen molar-refractivity contribution in [1.29, 1.82) is 0 Å². The zero-order valence-corrected chi connectivity index (χ0v) is 12.9. The number of primary amides is 1. The highest BCUT2D eigenvalue weighted by atomic mass is 16.1. The summed E-state index contributed by atoms with van der Waals surface area (Å²) < 4.78 is 0. The fraction of sp³-hybridized carbons (Fsp3) is 0.929. The first-order valence-electron chi connectivity index (χ1n) is 7.38. The molecule has 0 aliphatic carbocycles. The van der Waals surface area contributed by atoms with Crippen LogP contribution >= 0.6 is 0 Å². The zero-order valence-electron chi connectivity index (χ0n) is 12.9. The Hall–Kier alpha value is -0.650. The van der Waals surface area contributed by atoms with Gasteiger partial charge in [0.05, 0.1) is 6.04 Å². The Morgan fingerprint density at radius 3 is 2.68 bits per heavy atom. The number of rotatable bonds is 6. The maximum atomic E-state index is 11.4. The summed E-state index contributed by atoms with van der Waals surface area (Å²) in [5.41, 5.74) is 5.46. The highest BCUT2D eigenvalue weighted by Gasteiger charge is 2.22. The molecule has 2 unspecified atom stereocenters. The van der Waals surface area contributed by atoms with Crippen LogP contribution in [-0.4, -0.2) is 67.1 Å². The van der Waals surface area contributed by atoms with Gasteiger partial charge in [0.25, 0.3) is 0 Å². The van der Waals surface area contributed by atoms with Crippen molar-refractivity contribution < 1.29 is 4.79 Å². The molecule has 0 saturated carbocycles. The van der Waals surface area contributed by atoms with Crippen LogP contribution in [0, 0.1) is 0 Å². The van der Waals surface area contributed by atoms with E-state index in [0.717, 1.165) is 32.6 Å². The molecule has 1 amide bonds. The molecule has 0 spiro atoms. The van der Waals surface area contributed by atoms with Crippen LogP contribution in [0.5, 0.6) is 0 Å². The van der Waals surface area contributed by atoms with Crippen LogP contribution in [0.2, 0.25) is 0 Å². The molecule has 1 rings (SSSR count). The number of hydrogen-bond donors (Lipinski definition) is 2. The second kappa shape index (κ2) is 7.82. The molecule has 0 aromatic carbocycles. The van der Waals surface area contributed by atoms with Crippen LogP contribution in [0.15, 0.2) is 0 Å². The van der Waals surface area contributed by atoms with Crippen LogP contribution in [0.1, 0.15) is 33.6 Å². The Morgan fingerprint density at radius 1 is 1.42 bits per heavy atom. The predicted molar refractivity (Wildman–Crippen MR) is 79.0 cm³/mol. The van der Waals surface area contributed by atoms with E-state index in [0.29, 0.717) is 6.04 Å². The van der Waals surface area contributed by atoms with E-state index in [-0.39, 0.29) is 18.0 Å². The average Bonchev–Trinajstić information content (AvgIpc) is 2.45. The lowest BCUT2D eigenvalue weighted by atomic mass is 10.1. The molecule has 5 nitrogen and oxygen atoms in total. The standard InChI is InChI=1S/C14H30N4O/c1-11(2)16-13(14(15)19)6-9-18-8-5-7-17(4)10-12(18)3/h11-13,16H,5-10H2,1-4H3,(H2,15,19). The number of carbonyl (C=O) groups is 1. The number of nitrogens with two attached hydrogens (primary N) is 1. The quantitative estimate of drug-likeness (QED) is 0.726. The minimum Gasteiger partial charge on any atom is -0.368 e. The van der Waals surface area contributed by atoms with Crippen molar-refractivity contribution in [2.75, 3.05) is 33.2 Å². The van der Waals surface area contributed by atoms with Gasteiger partial charge in [-0.25, -0.2) is 0 Å².